The summed E-state index contributed by atoms with van der Waals surface area (Å²) in [6.07, 6.45) is 0. The topological polar surface area (TPSA) is 106 Å². The fourth-order valence-electron chi connectivity index (χ4n) is 3.17. The molecule has 0 atom stereocenters. The molecule has 32 heavy (non-hydrogen) atoms. The number of benzene rings is 2. The van der Waals surface area contributed by atoms with Gasteiger partial charge in [-0.15, -0.1) is 10.2 Å². The predicted octanol–water partition coefficient (Wildman–Crippen LogP) is 3.43. The minimum absolute atomic E-state index is 0.113. The Balaban J connectivity index is 1.64. The number of urea groups is 1. The zero-order valence-electron chi connectivity index (χ0n) is 17.4. The quantitative estimate of drug-likeness (QED) is 0.422. The van der Waals surface area contributed by atoms with Crippen LogP contribution in [-0.4, -0.2) is 46.1 Å². The molecule has 8 nitrogen and oxygen atoms in total. The molecule has 1 aliphatic heterocycles. The number of carbonyl (C=O) groups is 2. The van der Waals surface area contributed by atoms with E-state index in [0.717, 1.165) is 11.1 Å². The highest BCUT2D eigenvalue weighted by atomic mass is 32.2. The number of rotatable bonds is 7. The highest BCUT2D eigenvalue weighted by Crippen LogP contribution is 2.30. The summed E-state index contributed by atoms with van der Waals surface area (Å²) in [7, 11) is 0. The van der Waals surface area contributed by atoms with Crippen LogP contribution in [0.4, 0.5) is 4.79 Å². The zero-order valence-corrected chi connectivity index (χ0v) is 18.2. The summed E-state index contributed by atoms with van der Waals surface area (Å²) in [5, 5.41) is 14.5. The van der Waals surface area contributed by atoms with Gasteiger partial charge in [-0.3, -0.25) is 0 Å². The normalized spacial score (nSPS) is 13.3. The van der Waals surface area contributed by atoms with E-state index in [0.29, 0.717) is 33.6 Å². The van der Waals surface area contributed by atoms with Crippen LogP contribution in [0.2, 0.25) is 0 Å². The smallest absolute Gasteiger partial charge is 0.337 e. The van der Waals surface area contributed by atoms with Crippen molar-refractivity contribution in [2.45, 2.75) is 12.1 Å². The Kier molecular flexibility index (Phi) is 6.76. The number of ether oxygens (including phenoxy) is 1. The Morgan fingerprint density at radius 3 is 2.31 bits per heavy atom. The molecule has 0 unspecified atom stereocenters. The Morgan fingerprint density at radius 2 is 1.66 bits per heavy atom. The molecule has 0 bridgehead atoms. The molecular weight excluding hydrogens is 426 g/mol. The maximum absolute atomic E-state index is 12.2. The molecule has 2 N–H and O–H groups in total. The van der Waals surface area contributed by atoms with Crippen molar-refractivity contribution in [2.24, 2.45) is 0 Å². The van der Waals surface area contributed by atoms with Gasteiger partial charge in [-0.05, 0) is 6.92 Å². The van der Waals surface area contributed by atoms with E-state index in [1.165, 1.54) is 11.8 Å². The van der Waals surface area contributed by atoms with Crippen LogP contribution in [-0.2, 0) is 9.53 Å². The van der Waals surface area contributed by atoms with E-state index in [-0.39, 0.29) is 19.2 Å². The van der Waals surface area contributed by atoms with E-state index >= 15 is 0 Å². The summed E-state index contributed by atoms with van der Waals surface area (Å²) in [4.78, 5) is 28.8. The number of nitrogens with one attached hydrogen (secondary N) is 2. The Bertz CT molecular complexity index is 1150. The SMILES string of the molecule is CCOC(=O)C1=C(CSc2nnc(-c3ccccc3)c(-c3ccccc3)n2)NC(=O)NC1. The van der Waals surface area contributed by atoms with Gasteiger partial charge in [0.25, 0.3) is 0 Å². The molecule has 4 rings (SSSR count). The van der Waals surface area contributed by atoms with E-state index in [1.807, 2.05) is 60.7 Å². The molecule has 0 spiro atoms. The van der Waals surface area contributed by atoms with Gasteiger partial charge < -0.3 is 15.4 Å². The van der Waals surface area contributed by atoms with Gasteiger partial charge in [0.1, 0.15) is 11.4 Å². The lowest BCUT2D eigenvalue weighted by Gasteiger charge is -2.20. The third-order valence-electron chi connectivity index (χ3n) is 4.68. The number of carbonyl (C=O) groups excluding carboxylic acids is 2. The van der Waals surface area contributed by atoms with Gasteiger partial charge in [0.15, 0.2) is 0 Å². The van der Waals surface area contributed by atoms with Crippen molar-refractivity contribution in [1.29, 1.82) is 0 Å². The summed E-state index contributed by atoms with van der Waals surface area (Å²) in [6, 6.07) is 19.2. The van der Waals surface area contributed by atoms with Gasteiger partial charge in [-0.2, -0.15) is 0 Å². The highest BCUT2D eigenvalue weighted by molar-refractivity contribution is 7.99. The van der Waals surface area contributed by atoms with Gasteiger partial charge in [0, 0.05) is 22.6 Å². The first kappa shape index (κ1) is 21.5. The van der Waals surface area contributed by atoms with E-state index in [4.69, 9.17) is 9.72 Å². The molecule has 2 aromatic carbocycles. The van der Waals surface area contributed by atoms with Crippen LogP contribution in [0, 0.1) is 0 Å². The molecule has 0 fully saturated rings. The second kappa shape index (κ2) is 10.1. The lowest BCUT2D eigenvalue weighted by atomic mass is 10.0. The van der Waals surface area contributed by atoms with Crippen LogP contribution in [0.1, 0.15) is 6.92 Å². The van der Waals surface area contributed by atoms with E-state index in [9.17, 15) is 9.59 Å². The van der Waals surface area contributed by atoms with Gasteiger partial charge in [0.2, 0.25) is 5.16 Å². The van der Waals surface area contributed by atoms with Crippen molar-refractivity contribution < 1.29 is 14.3 Å². The van der Waals surface area contributed by atoms with E-state index in [2.05, 4.69) is 20.8 Å². The summed E-state index contributed by atoms with van der Waals surface area (Å²) < 4.78 is 5.10. The number of nitrogens with zero attached hydrogens (tertiary/aromatic N) is 3. The van der Waals surface area contributed by atoms with Gasteiger partial charge >= 0.3 is 12.0 Å². The maximum Gasteiger partial charge on any atom is 0.337 e. The first-order valence-corrected chi connectivity index (χ1v) is 11.1. The van der Waals surface area contributed by atoms with Crippen LogP contribution in [0.3, 0.4) is 0 Å². The van der Waals surface area contributed by atoms with Crippen LogP contribution in [0.15, 0.2) is 77.1 Å². The van der Waals surface area contributed by atoms with Crippen molar-refractivity contribution in [2.75, 3.05) is 18.9 Å². The first-order valence-electron chi connectivity index (χ1n) is 10.1. The number of aromatic nitrogens is 3. The number of esters is 1. The third-order valence-corrected chi connectivity index (χ3v) is 5.55. The molecule has 2 heterocycles. The van der Waals surface area contributed by atoms with Crippen molar-refractivity contribution >= 4 is 23.8 Å². The molecule has 9 heteroatoms. The van der Waals surface area contributed by atoms with Crippen molar-refractivity contribution in [3.8, 4) is 22.5 Å². The second-order valence-corrected chi connectivity index (χ2v) is 7.74. The van der Waals surface area contributed by atoms with Gasteiger partial charge in [-0.1, -0.05) is 72.4 Å². The van der Waals surface area contributed by atoms with Crippen molar-refractivity contribution in [3.63, 3.8) is 0 Å². The predicted molar refractivity (Wildman–Crippen MR) is 122 cm³/mol. The average molecular weight is 448 g/mol. The van der Waals surface area contributed by atoms with E-state index < -0.39 is 5.97 Å². The van der Waals surface area contributed by atoms with Gasteiger partial charge in [-0.25, -0.2) is 14.6 Å². The molecule has 0 radical (unpaired) electrons. The summed E-state index contributed by atoms with van der Waals surface area (Å²) in [6.45, 7) is 2.10. The van der Waals surface area contributed by atoms with Crippen molar-refractivity contribution in [1.82, 2.24) is 25.8 Å². The lowest BCUT2D eigenvalue weighted by molar-refractivity contribution is -0.138. The molecule has 3 aromatic rings. The standard InChI is InChI=1S/C23H21N5O3S/c1-2-31-21(29)17-13-24-22(30)25-18(17)14-32-23-26-19(15-9-5-3-6-10-15)20(27-28-23)16-11-7-4-8-12-16/h3-12H,2,13-14H2,1H3,(H2,24,25,30). The Morgan fingerprint density at radius 1 is 1.00 bits per heavy atom. The monoisotopic (exact) mass is 447 g/mol. The molecule has 2 amide bonds. The molecule has 0 saturated carbocycles. The molecule has 162 valence electrons. The minimum atomic E-state index is -0.459. The van der Waals surface area contributed by atoms with Crippen LogP contribution < -0.4 is 10.6 Å². The van der Waals surface area contributed by atoms with Crippen LogP contribution in [0.5, 0.6) is 0 Å². The average Bonchev–Trinajstić information content (AvgIpc) is 2.84. The first-order chi connectivity index (χ1) is 15.7. The third kappa shape index (κ3) is 4.94. The minimum Gasteiger partial charge on any atom is -0.463 e. The fourth-order valence-corrected chi connectivity index (χ4v) is 3.94. The van der Waals surface area contributed by atoms with Crippen molar-refractivity contribution in [3.05, 3.63) is 71.9 Å². The number of amides is 2. The fraction of sp³-hybridized carbons (Fsp3) is 0.174. The summed E-state index contributed by atoms with van der Waals surface area (Å²) in [5.74, 6) is -0.165. The number of hydrogen-bond acceptors (Lipinski definition) is 7. The zero-order chi connectivity index (χ0) is 22.3. The Labute approximate surface area is 189 Å². The molecule has 0 saturated heterocycles. The number of thioether (sulfide) groups is 1. The second-order valence-electron chi connectivity index (χ2n) is 6.80. The molecule has 1 aromatic heterocycles. The lowest BCUT2D eigenvalue weighted by Crippen LogP contribution is -2.44. The molecular formula is C23H21N5O3S. The van der Waals surface area contributed by atoms with Crippen LogP contribution in [0.25, 0.3) is 22.5 Å². The largest absolute Gasteiger partial charge is 0.463 e. The molecule has 1 aliphatic rings. The van der Waals surface area contributed by atoms with E-state index in [1.54, 1.807) is 6.92 Å². The summed E-state index contributed by atoms with van der Waals surface area (Å²) in [5.41, 5.74) is 4.10. The van der Waals surface area contributed by atoms with Gasteiger partial charge in [0.05, 0.1) is 18.7 Å². The Hall–Kier alpha value is -3.72. The summed E-state index contributed by atoms with van der Waals surface area (Å²) >= 11 is 1.29. The molecule has 0 aliphatic carbocycles. The van der Waals surface area contributed by atoms with Crippen LogP contribution >= 0.6 is 11.8 Å². The highest BCUT2D eigenvalue weighted by Gasteiger charge is 2.24. The number of hydrogen-bond donors (Lipinski definition) is 2. The maximum atomic E-state index is 12.2.